The van der Waals surface area contributed by atoms with E-state index in [0.29, 0.717) is 24.3 Å². The highest BCUT2D eigenvalue weighted by Crippen LogP contribution is 2.20. The summed E-state index contributed by atoms with van der Waals surface area (Å²) in [5.74, 6) is 1.65. The van der Waals surface area contributed by atoms with Gasteiger partial charge < -0.3 is 4.90 Å². The number of fused-ring (bicyclic) bond motifs is 1. The molecule has 3 aromatic heterocycles. The lowest BCUT2D eigenvalue weighted by atomic mass is 10.1. The number of aromatic nitrogens is 6. The molecule has 35 heavy (non-hydrogen) atoms. The van der Waals surface area contributed by atoms with Crippen LogP contribution in [-0.2, 0) is 17.8 Å². The van der Waals surface area contributed by atoms with E-state index in [1.54, 1.807) is 4.52 Å². The number of amides is 1. The van der Waals surface area contributed by atoms with Crippen LogP contribution in [0.3, 0.4) is 0 Å². The lowest BCUT2D eigenvalue weighted by Crippen LogP contribution is -2.48. The fraction of sp³-hybridized carbons (Fsp3) is 0.400. The van der Waals surface area contributed by atoms with Gasteiger partial charge >= 0.3 is 0 Å². The van der Waals surface area contributed by atoms with Crippen LogP contribution < -0.4 is 0 Å². The van der Waals surface area contributed by atoms with E-state index in [1.807, 2.05) is 42.5 Å². The van der Waals surface area contributed by atoms with Crippen LogP contribution in [-0.4, -0.2) is 71.5 Å². The van der Waals surface area contributed by atoms with E-state index in [9.17, 15) is 4.79 Å². The summed E-state index contributed by atoms with van der Waals surface area (Å²) in [5, 5.41) is 17.5. The van der Waals surface area contributed by atoms with Gasteiger partial charge in [-0.25, -0.2) is 4.68 Å². The number of halogens is 1. The van der Waals surface area contributed by atoms with E-state index < -0.39 is 0 Å². The van der Waals surface area contributed by atoms with Crippen molar-refractivity contribution in [3.8, 4) is 5.82 Å². The molecule has 0 aliphatic carbocycles. The van der Waals surface area contributed by atoms with Crippen molar-refractivity contribution in [1.82, 2.24) is 39.4 Å². The van der Waals surface area contributed by atoms with Gasteiger partial charge in [0.25, 0.3) is 0 Å². The highest BCUT2D eigenvalue weighted by Gasteiger charge is 2.22. The first-order valence-electron chi connectivity index (χ1n) is 11.9. The Morgan fingerprint density at radius 2 is 1.69 bits per heavy atom. The number of hydrogen-bond acceptors (Lipinski definition) is 6. The highest BCUT2D eigenvalue weighted by molar-refractivity contribution is 14.1. The van der Waals surface area contributed by atoms with Gasteiger partial charge in [0.2, 0.25) is 5.91 Å². The summed E-state index contributed by atoms with van der Waals surface area (Å²) < 4.78 is 4.81. The van der Waals surface area contributed by atoms with E-state index in [1.165, 1.54) is 9.13 Å². The quantitative estimate of drug-likeness (QED) is 0.324. The Bertz CT molecular complexity index is 1350. The molecule has 1 fully saturated rings. The number of piperazine rings is 1. The van der Waals surface area contributed by atoms with Gasteiger partial charge in [-0.3, -0.25) is 9.69 Å². The van der Waals surface area contributed by atoms with Gasteiger partial charge in [-0.05, 0) is 85.2 Å². The smallest absolute Gasteiger partial charge is 0.222 e. The van der Waals surface area contributed by atoms with E-state index in [2.05, 4.69) is 67.1 Å². The fourth-order valence-electron chi connectivity index (χ4n) is 4.65. The number of carbonyl (C=O) groups is 1. The monoisotopic (exact) mass is 584 g/mol. The maximum atomic E-state index is 13.0. The minimum Gasteiger partial charge on any atom is -0.340 e. The predicted molar refractivity (Wildman–Crippen MR) is 141 cm³/mol. The average Bonchev–Trinajstić information content (AvgIpc) is 3.37. The van der Waals surface area contributed by atoms with E-state index >= 15 is 0 Å². The van der Waals surface area contributed by atoms with Crippen molar-refractivity contribution in [2.45, 2.75) is 40.2 Å². The highest BCUT2D eigenvalue weighted by atomic mass is 127. The molecule has 1 aromatic carbocycles. The Morgan fingerprint density at radius 1 is 0.943 bits per heavy atom. The van der Waals surface area contributed by atoms with Gasteiger partial charge in [-0.2, -0.15) is 9.61 Å². The minimum absolute atomic E-state index is 0.213. The summed E-state index contributed by atoms with van der Waals surface area (Å²) in [7, 11) is 0. The third kappa shape index (κ3) is 5.08. The number of hydrogen-bond donors (Lipinski definition) is 0. The molecule has 4 heterocycles. The molecule has 1 aliphatic rings. The van der Waals surface area contributed by atoms with E-state index in [0.717, 1.165) is 55.5 Å². The van der Waals surface area contributed by atoms with Crippen molar-refractivity contribution in [2.75, 3.05) is 26.2 Å². The third-order valence-electron chi connectivity index (χ3n) is 6.70. The van der Waals surface area contributed by atoms with Crippen molar-refractivity contribution >= 4 is 34.1 Å². The van der Waals surface area contributed by atoms with Gasteiger partial charge in [-0.1, -0.05) is 12.1 Å². The Kier molecular flexibility index (Phi) is 6.83. The van der Waals surface area contributed by atoms with Crippen molar-refractivity contribution in [1.29, 1.82) is 0 Å². The van der Waals surface area contributed by atoms with Crippen LogP contribution in [0.5, 0.6) is 0 Å². The van der Waals surface area contributed by atoms with E-state index in [4.69, 9.17) is 5.10 Å². The SMILES string of the molecule is Cc1nn(-c2ccc3nnc(C)n3n2)c(C)c1CCC(=O)N1CCN(Cc2ccc(I)cc2)CC1. The summed E-state index contributed by atoms with van der Waals surface area (Å²) >= 11 is 2.33. The van der Waals surface area contributed by atoms with Gasteiger partial charge in [-0.15, -0.1) is 15.3 Å². The first-order valence-corrected chi connectivity index (χ1v) is 13.0. The summed E-state index contributed by atoms with van der Waals surface area (Å²) in [4.78, 5) is 17.4. The number of carbonyl (C=O) groups excluding carboxylic acids is 1. The second-order valence-electron chi connectivity index (χ2n) is 9.05. The van der Waals surface area contributed by atoms with Crippen LogP contribution >= 0.6 is 22.6 Å². The van der Waals surface area contributed by atoms with Gasteiger partial charge in [0.05, 0.1) is 5.69 Å². The maximum absolute atomic E-state index is 13.0. The molecule has 1 aliphatic heterocycles. The summed E-state index contributed by atoms with van der Waals surface area (Å²) in [6, 6.07) is 12.4. The number of aryl methyl sites for hydroxylation is 2. The van der Waals surface area contributed by atoms with Crippen LogP contribution in [0.4, 0.5) is 0 Å². The van der Waals surface area contributed by atoms with Gasteiger partial charge in [0.15, 0.2) is 17.3 Å². The van der Waals surface area contributed by atoms with Crippen LogP contribution in [0.1, 0.15) is 34.8 Å². The third-order valence-corrected chi connectivity index (χ3v) is 7.42. The predicted octanol–water partition coefficient (Wildman–Crippen LogP) is 3.12. The summed E-state index contributed by atoms with van der Waals surface area (Å²) in [6.07, 6.45) is 1.16. The van der Waals surface area contributed by atoms with Crippen LogP contribution in [0.25, 0.3) is 11.5 Å². The molecule has 0 unspecified atom stereocenters. The van der Waals surface area contributed by atoms with Crippen molar-refractivity contribution < 1.29 is 4.79 Å². The Balaban J connectivity index is 1.19. The Morgan fingerprint density at radius 3 is 2.43 bits per heavy atom. The van der Waals surface area contributed by atoms with Crippen molar-refractivity contribution in [3.63, 3.8) is 0 Å². The molecule has 10 heteroatoms. The number of rotatable bonds is 6. The Labute approximate surface area is 218 Å². The molecule has 0 radical (unpaired) electrons. The molecule has 0 N–H and O–H groups in total. The summed E-state index contributed by atoms with van der Waals surface area (Å²) in [6.45, 7) is 10.2. The lowest BCUT2D eigenvalue weighted by molar-refractivity contribution is -0.133. The fourth-order valence-corrected chi connectivity index (χ4v) is 5.01. The average molecular weight is 584 g/mol. The van der Waals surface area contributed by atoms with Gasteiger partial charge in [0.1, 0.15) is 0 Å². The molecular formula is C25H29IN8O. The maximum Gasteiger partial charge on any atom is 0.222 e. The second-order valence-corrected chi connectivity index (χ2v) is 10.3. The molecule has 182 valence electrons. The van der Waals surface area contributed by atoms with Crippen molar-refractivity contribution in [3.05, 3.63) is 68.3 Å². The zero-order valence-corrected chi connectivity index (χ0v) is 22.4. The largest absolute Gasteiger partial charge is 0.340 e. The lowest BCUT2D eigenvalue weighted by Gasteiger charge is -2.34. The number of nitrogens with zero attached hydrogens (tertiary/aromatic N) is 8. The van der Waals surface area contributed by atoms with Crippen LogP contribution in [0.2, 0.25) is 0 Å². The first kappa shape index (κ1) is 23.9. The van der Waals surface area contributed by atoms with Gasteiger partial charge in [0, 0.05) is 48.4 Å². The molecule has 9 nitrogen and oxygen atoms in total. The zero-order valence-electron chi connectivity index (χ0n) is 20.3. The molecule has 1 amide bonds. The van der Waals surface area contributed by atoms with E-state index in [-0.39, 0.29) is 5.91 Å². The first-order chi connectivity index (χ1) is 16.9. The molecule has 1 saturated heterocycles. The zero-order chi connectivity index (χ0) is 24.5. The molecule has 0 atom stereocenters. The topological polar surface area (TPSA) is 84.4 Å². The normalized spacial score (nSPS) is 14.7. The summed E-state index contributed by atoms with van der Waals surface area (Å²) in [5.41, 5.74) is 5.08. The minimum atomic E-state index is 0.213. The molecule has 0 saturated carbocycles. The molecule has 0 spiro atoms. The number of benzene rings is 1. The van der Waals surface area contributed by atoms with Crippen LogP contribution in [0.15, 0.2) is 36.4 Å². The molecule has 5 rings (SSSR count). The van der Waals surface area contributed by atoms with Crippen molar-refractivity contribution in [2.24, 2.45) is 0 Å². The second kappa shape index (κ2) is 10.0. The molecular weight excluding hydrogens is 555 g/mol. The molecule has 0 bridgehead atoms. The van der Waals surface area contributed by atoms with Crippen LogP contribution in [0, 0.1) is 24.3 Å². The Hall–Kier alpha value is -2.86. The molecule has 4 aromatic rings. The standard InChI is InChI=1S/C25H29IN8O/c1-17-22(18(2)33(29-17)24-10-9-23-28-27-19(3)34(23)30-24)8-11-25(35)32-14-12-31(13-15-32)16-20-4-6-21(26)7-5-20/h4-7,9-10H,8,11-16H2,1-3H3.